The average Bonchev–Trinajstić information content (AvgIpc) is 3.12. The van der Waals surface area contributed by atoms with E-state index < -0.39 is 0 Å². The Morgan fingerprint density at radius 3 is 2.64 bits per heavy atom. The highest BCUT2D eigenvalue weighted by molar-refractivity contribution is 5.91. The lowest BCUT2D eigenvalue weighted by molar-refractivity contribution is -0.136. The van der Waals surface area contributed by atoms with E-state index in [1.165, 1.54) is 12.8 Å². The molecule has 0 aromatic heterocycles. The Morgan fingerprint density at radius 2 is 1.96 bits per heavy atom. The normalized spacial score (nSPS) is 42.9. The molecule has 4 rings (SSSR count). The second-order valence-electron chi connectivity index (χ2n) is 8.42. The third kappa shape index (κ3) is 3.24. The Morgan fingerprint density at radius 1 is 1.20 bits per heavy atom. The molecule has 0 aromatic carbocycles. The number of cyclic esters (lactones) is 1. The van der Waals surface area contributed by atoms with E-state index in [9.17, 15) is 9.59 Å². The van der Waals surface area contributed by atoms with Gasteiger partial charge in [0.05, 0.1) is 0 Å². The van der Waals surface area contributed by atoms with Crippen LogP contribution in [0.25, 0.3) is 0 Å². The summed E-state index contributed by atoms with van der Waals surface area (Å²) < 4.78 is 5.14. The largest absolute Gasteiger partial charge is 0.458 e. The van der Waals surface area contributed by atoms with Gasteiger partial charge in [-0.3, -0.25) is 4.79 Å². The number of nitrogens with one attached hydrogen (secondary N) is 1. The van der Waals surface area contributed by atoms with Crippen LogP contribution in [0.15, 0.2) is 11.6 Å². The van der Waals surface area contributed by atoms with Gasteiger partial charge >= 0.3 is 5.97 Å². The number of hydrogen-bond donors (Lipinski definition) is 1. The summed E-state index contributed by atoms with van der Waals surface area (Å²) in [6.07, 6.45) is 8.29. The second kappa shape index (κ2) is 7.13. The summed E-state index contributed by atoms with van der Waals surface area (Å²) in [5.41, 5.74) is 1.25. The van der Waals surface area contributed by atoms with E-state index in [0.717, 1.165) is 24.8 Å². The molecule has 2 heterocycles. The van der Waals surface area contributed by atoms with Crippen molar-refractivity contribution in [2.45, 2.75) is 72.3 Å². The molecule has 1 saturated heterocycles. The number of rotatable bonds is 1. The number of carbonyl (C=O) groups excluding carboxylic acids is 2. The summed E-state index contributed by atoms with van der Waals surface area (Å²) in [6.45, 7) is 9.04. The zero-order chi connectivity index (χ0) is 18.2. The molecule has 1 N–H and O–H groups in total. The zero-order valence-electron chi connectivity index (χ0n) is 16.1. The number of fused-ring (bicyclic) bond motifs is 3. The van der Waals surface area contributed by atoms with Crippen molar-refractivity contribution >= 4 is 11.9 Å². The van der Waals surface area contributed by atoms with E-state index in [1.54, 1.807) is 0 Å². The summed E-state index contributed by atoms with van der Waals surface area (Å²) in [4.78, 5) is 23.9. The Balaban J connectivity index is 0.000000880. The lowest BCUT2D eigenvalue weighted by Gasteiger charge is -2.47. The van der Waals surface area contributed by atoms with E-state index in [1.807, 2.05) is 19.9 Å². The molecule has 4 aliphatic rings. The first-order valence-corrected chi connectivity index (χ1v) is 10.1. The van der Waals surface area contributed by atoms with Gasteiger partial charge in [0.2, 0.25) is 5.91 Å². The fraction of sp³-hybridized carbons (Fsp3) is 0.810. The molecule has 2 saturated carbocycles. The van der Waals surface area contributed by atoms with Gasteiger partial charge in [-0.1, -0.05) is 20.8 Å². The van der Waals surface area contributed by atoms with Crippen LogP contribution in [0.4, 0.5) is 0 Å². The Hall–Kier alpha value is -1.32. The van der Waals surface area contributed by atoms with E-state index in [-0.39, 0.29) is 17.9 Å². The second-order valence-corrected chi connectivity index (χ2v) is 8.42. The van der Waals surface area contributed by atoms with Crippen LogP contribution in [-0.2, 0) is 14.3 Å². The van der Waals surface area contributed by atoms with Crippen LogP contribution in [0.1, 0.15) is 66.2 Å². The van der Waals surface area contributed by atoms with Crippen molar-refractivity contribution in [3.8, 4) is 0 Å². The molecule has 6 unspecified atom stereocenters. The first kappa shape index (κ1) is 18.5. The summed E-state index contributed by atoms with van der Waals surface area (Å²) in [7, 11) is 0. The molecular formula is C21H33NO3. The average molecular weight is 347 g/mol. The molecule has 140 valence electrons. The van der Waals surface area contributed by atoms with Crippen molar-refractivity contribution in [3.63, 3.8) is 0 Å². The minimum absolute atomic E-state index is 0.0973. The van der Waals surface area contributed by atoms with Crippen LogP contribution in [0.2, 0.25) is 0 Å². The van der Waals surface area contributed by atoms with Crippen molar-refractivity contribution in [3.05, 3.63) is 11.6 Å². The summed E-state index contributed by atoms with van der Waals surface area (Å²) in [5.74, 6) is 2.33. The summed E-state index contributed by atoms with van der Waals surface area (Å²) in [6, 6.07) is 0.286. The van der Waals surface area contributed by atoms with Gasteiger partial charge in [-0.15, -0.1) is 0 Å². The molecule has 3 fully saturated rings. The van der Waals surface area contributed by atoms with Gasteiger partial charge in [-0.2, -0.15) is 0 Å². The lowest BCUT2D eigenvalue weighted by Crippen LogP contribution is -2.45. The fourth-order valence-electron chi connectivity index (χ4n) is 6.09. The predicted octanol–water partition coefficient (Wildman–Crippen LogP) is 3.85. The maximum atomic E-state index is 12.0. The van der Waals surface area contributed by atoms with Crippen LogP contribution < -0.4 is 5.32 Å². The molecule has 2 aliphatic heterocycles. The van der Waals surface area contributed by atoms with E-state index >= 15 is 0 Å². The van der Waals surface area contributed by atoms with Crippen LogP contribution in [0, 0.1) is 29.1 Å². The van der Waals surface area contributed by atoms with Crippen LogP contribution in [0.5, 0.6) is 0 Å². The number of esters is 1. The summed E-state index contributed by atoms with van der Waals surface area (Å²) >= 11 is 0. The topological polar surface area (TPSA) is 55.4 Å². The quantitative estimate of drug-likeness (QED) is 0.733. The molecule has 25 heavy (non-hydrogen) atoms. The van der Waals surface area contributed by atoms with Gasteiger partial charge < -0.3 is 10.1 Å². The third-order valence-corrected chi connectivity index (χ3v) is 7.19. The molecule has 0 radical (unpaired) electrons. The number of carbonyl (C=O) groups is 2. The van der Waals surface area contributed by atoms with Crippen LogP contribution in [-0.4, -0.2) is 24.5 Å². The number of hydrogen-bond acceptors (Lipinski definition) is 3. The maximum absolute atomic E-state index is 12.0. The Bertz CT molecular complexity index is 569. The van der Waals surface area contributed by atoms with E-state index in [2.05, 4.69) is 19.2 Å². The highest BCUT2D eigenvalue weighted by atomic mass is 16.5. The first-order valence-electron chi connectivity index (χ1n) is 10.1. The van der Waals surface area contributed by atoms with Crippen molar-refractivity contribution in [2.24, 2.45) is 29.1 Å². The first-order chi connectivity index (χ1) is 12.0. The lowest BCUT2D eigenvalue weighted by atomic mass is 9.58. The van der Waals surface area contributed by atoms with E-state index in [4.69, 9.17) is 4.74 Å². The molecule has 0 spiro atoms. The van der Waals surface area contributed by atoms with E-state index in [0.29, 0.717) is 42.1 Å². The SMILES string of the molecule is CC.CC1NC(=O)CCC2C1CCC1(C)CC(C3=CCOC3=O)CC21. The molecule has 0 aromatic rings. The summed E-state index contributed by atoms with van der Waals surface area (Å²) in [5, 5.41) is 3.18. The smallest absolute Gasteiger partial charge is 0.334 e. The van der Waals surface area contributed by atoms with Gasteiger partial charge in [0.15, 0.2) is 0 Å². The molecule has 4 heteroatoms. The number of ether oxygens (including phenoxy) is 1. The van der Waals surface area contributed by atoms with Gasteiger partial charge in [-0.25, -0.2) is 4.79 Å². The van der Waals surface area contributed by atoms with Gasteiger partial charge in [0.1, 0.15) is 6.61 Å². The highest BCUT2D eigenvalue weighted by Gasteiger charge is 2.54. The van der Waals surface area contributed by atoms with Crippen molar-refractivity contribution in [1.29, 1.82) is 0 Å². The molecule has 2 aliphatic carbocycles. The molecule has 1 amide bonds. The third-order valence-electron chi connectivity index (χ3n) is 7.19. The van der Waals surface area contributed by atoms with Gasteiger partial charge in [-0.05, 0) is 74.2 Å². The van der Waals surface area contributed by atoms with Crippen molar-refractivity contribution in [2.75, 3.05) is 6.61 Å². The predicted molar refractivity (Wildman–Crippen MR) is 97.8 cm³/mol. The monoisotopic (exact) mass is 347 g/mol. The molecule has 4 nitrogen and oxygen atoms in total. The fourth-order valence-corrected chi connectivity index (χ4v) is 6.09. The van der Waals surface area contributed by atoms with Gasteiger partial charge in [0.25, 0.3) is 0 Å². The number of amides is 1. The van der Waals surface area contributed by atoms with Crippen molar-refractivity contribution in [1.82, 2.24) is 5.32 Å². The minimum Gasteiger partial charge on any atom is -0.458 e. The molecule has 0 bridgehead atoms. The van der Waals surface area contributed by atoms with Crippen molar-refractivity contribution < 1.29 is 14.3 Å². The standard InChI is InChI=1S/C19H27NO3.C2H6/c1-11-13-5-7-19(2)10-12(14-6-8-23-18(14)22)9-16(19)15(13)3-4-17(21)20-11;1-2/h6,11-13,15-16H,3-5,7-10H2,1-2H3,(H,20,21);1-2H3. The minimum atomic E-state index is -0.0973. The maximum Gasteiger partial charge on any atom is 0.334 e. The van der Waals surface area contributed by atoms with Crippen LogP contribution in [0.3, 0.4) is 0 Å². The molecular weight excluding hydrogens is 314 g/mol. The Kier molecular flexibility index (Phi) is 5.26. The van der Waals surface area contributed by atoms with Crippen LogP contribution >= 0.6 is 0 Å². The zero-order valence-corrected chi connectivity index (χ0v) is 16.1. The Labute approximate surface area is 151 Å². The molecule has 6 atom stereocenters. The highest BCUT2D eigenvalue weighted by Crippen LogP contribution is 2.61. The van der Waals surface area contributed by atoms with Gasteiger partial charge in [0, 0.05) is 18.0 Å².